The largest absolute Gasteiger partial charge is 0.377 e. The van der Waals surface area contributed by atoms with Crippen molar-refractivity contribution in [1.82, 2.24) is 9.96 Å². The van der Waals surface area contributed by atoms with E-state index in [1.54, 1.807) is 16.4 Å². The van der Waals surface area contributed by atoms with Gasteiger partial charge in [0.2, 0.25) is 5.91 Å². The monoisotopic (exact) mass is 350 g/mol. The van der Waals surface area contributed by atoms with Crippen molar-refractivity contribution in [2.75, 3.05) is 32.8 Å². The van der Waals surface area contributed by atoms with Crippen molar-refractivity contribution in [3.8, 4) is 0 Å². The van der Waals surface area contributed by atoms with E-state index < -0.39 is 0 Å². The minimum atomic E-state index is 0.0799. The van der Waals surface area contributed by atoms with Gasteiger partial charge in [0.1, 0.15) is 0 Å². The Labute approximate surface area is 147 Å². The van der Waals surface area contributed by atoms with Gasteiger partial charge in [-0.1, -0.05) is 0 Å². The third kappa shape index (κ3) is 3.67. The summed E-state index contributed by atoms with van der Waals surface area (Å²) in [5.41, 5.74) is 1.41. The lowest BCUT2D eigenvalue weighted by Gasteiger charge is -2.35. The lowest BCUT2D eigenvalue weighted by molar-refractivity contribution is -0.199. The van der Waals surface area contributed by atoms with E-state index in [1.807, 2.05) is 0 Å². The van der Waals surface area contributed by atoms with Crippen molar-refractivity contribution < 1.29 is 14.4 Å². The molecule has 0 bridgehead atoms. The number of carbonyl (C=O) groups excluding carboxylic acids is 1. The first-order valence-electron chi connectivity index (χ1n) is 9.08. The van der Waals surface area contributed by atoms with Crippen molar-refractivity contribution in [3.05, 3.63) is 22.4 Å². The molecule has 6 heteroatoms. The quantitative estimate of drug-likeness (QED) is 0.837. The topological polar surface area (TPSA) is 42.0 Å². The summed E-state index contributed by atoms with van der Waals surface area (Å²) in [5.74, 6) is 1.19. The highest BCUT2D eigenvalue weighted by atomic mass is 32.1. The summed E-state index contributed by atoms with van der Waals surface area (Å²) >= 11 is 1.76. The molecule has 0 aliphatic carbocycles. The van der Waals surface area contributed by atoms with Crippen molar-refractivity contribution in [2.24, 2.45) is 11.8 Å². The van der Waals surface area contributed by atoms with Crippen molar-refractivity contribution in [3.63, 3.8) is 0 Å². The maximum absolute atomic E-state index is 12.4. The molecule has 0 aromatic carbocycles. The van der Waals surface area contributed by atoms with Crippen LogP contribution in [0.2, 0.25) is 0 Å². The zero-order valence-corrected chi connectivity index (χ0v) is 14.9. The minimum absolute atomic E-state index is 0.0799. The van der Waals surface area contributed by atoms with Crippen LogP contribution in [0.25, 0.3) is 0 Å². The molecule has 3 atom stereocenters. The number of piperidine rings is 1. The number of ether oxygens (including phenoxy) is 1. The van der Waals surface area contributed by atoms with Crippen LogP contribution in [-0.4, -0.2) is 54.8 Å². The predicted molar refractivity (Wildman–Crippen MR) is 92.4 cm³/mol. The van der Waals surface area contributed by atoms with Crippen LogP contribution in [-0.2, 0) is 20.9 Å². The van der Waals surface area contributed by atoms with Gasteiger partial charge in [0.15, 0.2) is 0 Å². The standard InChI is InChI=1S/C18H26N2O3S/c21-18(20-5-1-2-7-23-20)9-17-16-3-6-19(11-15(16)12-22-17)10-14-4-8-24-13-14/h4,8,13,15-17H,1-3,5-7,9-12H2/t15-,16-,17+/m1/s1. The fourth-order valence-electron chi connectivity index (χ4n) is 4.22. The van der Waals surface area contributed by atoms with Gasteiger partial charge in [0.25, 0.3) is 0 Å². The molecule has 24 heavy (non-hydrogen) atoms. The summed E-state index contributed by atoms with van der Waals surface area (Å²) in [6.07, 6.45) is 3.78. The molecule has 5 nitrogen and oxygen atoms in total. The summed E-state index contributed by atoms with van der Waals surface area (Å²) < 4.78 is 6.02. The molecule has 4 heterocycles. The number of thiophene rings is 1. The number of rotatable bonds is 4. The molecule has 0 unspecified atom stereocenters. The number of hydroxylamine groups is 2. The first-order valence-corrected chi connectivity index (χ1v) is 10.0. The molecule has 1 aromatic heterocycles. The van der Waals surface area contributed by atoms with Crippen LogP contribution in [0.5, 0.6) is 0 Å². The summed E-state index contributed by atoms with van der Waals surface area (Å²) in [5, 5.41) is 5.94. The van der Waals surface area contributed by atoms with E-state index in [-0.39, 0.29) is 12.0 Å². The molecule has 0 spiro atoms. The first-order chi connectivity index (χ1) is 11.8. The second-order valence-electron chi connectivity index (χ2n) is 7.19. The molecule has 0 saturated carbocycles. The number of likely N-dealkylation sites (tertiary alicyclic amines) is 1. The molecule has 0 N–H and O–H groups in total. The molecule has 3 saturated heterocycles. The van der Waals surface area contributed by atoms with E-state index in [0.29, 0.717) is 24.9 Å². The maximum Gasteiger partial charge on any atom is 0.248 e. The number of amides is 1. The lowest BCUT2D eigenvalue weighted by atomic mass is 9.83. The van der Waals surface area contributed by atoms with E-state index in [0.717, 1.165) is 52.0 Å². The zero-order chi connectivity index (χ0) is 16.4. The molecule has 1 amide bonds. The predicted octanol–water partition coefficient (Wildman–Crippen LogP) is 2.53. The van der Waals surface area contributed by atoms with Crippen molar-refractivity contribution in [2.45, 2.75) is 38.3 Å². The molecular formula is C18H26N2O3S. The van der Waals surface area contributed by atoms with Crippen LogP contribution in [0.4, 0.5) is 0 Å². The summed E-state index contributed by atoms with van der Waals surface area (Å²) in [7, 11) is 0. The zero-order valence-electron chi connectivity index (χ0n) is 14.1. The van der Waals surface area contributed by atoms with Crippen molar-refractivity contribution in [1.29, 1.82) is 0 Å². The second-order valence-corrected chi connectivity index (χ2v) is 7.97. The summed E-state index contributed by atoms with van der Waals surface area (Å²) in [4.78, 5) is 20.4. The van der Waals surface area contributed by atoms with E-state index >= 15 is 0 Å². The fourth-order valence-corrected chi connectivity index (χ4v) is 4.88. The highest BCUT2D eigenvalue weighted by molar-refractivity contribution is 7.07. The molecule has 1 aromatic rings. The van der Waals surface area contributed by atoms with Gasteiger partial charge in [-0.3, -0.25) is 14.5 Å². The average Bonchev–Trinajstić information content (AvgIpc) is 3.26. The molecule has 0 radical (unpaired) electrons. The van der Waals surface area contributed by atoms with Crippen LogP contribution < -0.4 is 0 Å². The Kier molecular flexibility index (Phi) is 5.17. The smallest absolute Gasteiger partial charge is 0.248 e. The normalized spacial score (nSPS) is 31.2. The van der Waals surface area contributed by atoms with Crippen LogP contribution in [0.1, 0.15) is 31.2 Å². The number of hydrogen-bond acceptors (Lipinski definition) is 5. The first kappa shape index (κ1) is 16.5. The Hall–Kier alpha value is -0.950. The third-order valence-corrected chi connectivity index (χ3v) is 6.25. The number of fused-ring (bicyclic) bond motifs is 1. The SMILES string of the molecule is O=C(C[C@@H]1OC[C@H]2CN(Cc3ccsc3)CC[C@H]21)N1CCCCO1. The Morgan fingerprint density at radius 1 is 1.33 bits per heavy atom. The fraction of sp³-hybridized carbons (Fsp3) is 0.722. The van der Waals surface area contributed by atoms with Crippen molar-refractivity contribution >= 4 is 17.2 Å². The molecule has 4 rings (SSSR count). The Balaban J connectivity index is 1.29. The third-order valence-electron chi connectivity index (χ3n) is 5.52. The Morgan fingerprint density at radius 3 is 3.08 bits per heavy atom. The van der Waals surface area contributed by atoms with Gasteiger partial charge in [0, 0.05) is 25.6 Å². The van der Waals surface area contributed by atoms with Crippen LogP contribution in [0.3, 0.4) is 0 Å². The molecule has 3 aliphatic rings. The van der Waals surface area contributed by atoms with Gasteiger partial charge in [0.05, 0.1) is 25.7 Å². The number of carbonyl (C=O) groups is 1. The highest BCUT2D eigenvalue weighted by Gasteiger charge is 2.42. The van der Waals surface area contributed by atoms with Crippen LogP contribution >= 0.6 is 11.3 Å². The Bertz CT molecular complexity index is 544. The van der Waals surface area contributed by atoms with Crippen LogP contribution in [0.15, 0.2) is 16.8 Å². The number of hydrogen-bond donors (Lipinski definition) is 0. The van der Waals surface area contributed by atoms with Crippen LogP contribution in [0, 0.1) is 11.8 Å². The second kappa shape index (κ2) is 7.52. The average molecular weight is 350 g/mol. The summed E-state index contributed by atoms with van der Waals surface area (Å²) in [6, 6.07) is 2.21. The van der Waals surface area contributed by atoms with Gasteiger partial charge in [-0.25, -0.2) is 5.06 Å². The van der Waals surface area contributed by atoms with E-state index in [4.69, 9.17) is 9.57 Å². The van der Waals surface area contributed by atoms with E-state index in [1.165, 1.54) is 5.56 Å². The van der Waals surface area contributed by atoms with Gasteiger partial charge < -0.3 is 4.74 Å². The van der Waals surface area contributed by atoms with Gasteiger partial charge in [-0.05, 0) is 54.1 Å². The highest BCUT2D eigenvalue weighted by Crippen LogP contribution is 2.36. The minimum Gasteiger partial charge on any atom is -0.377 e. The van der Waals surface area contributed by atoms with E-state index in [9.17, 15) is 4.79 Å². The maximum atomic E-state index is 12.4. The van der Waals surface area contributed by atoms with Gasteiger partial charge >= 0.3 is 0 Å². The molecule has 3 fully saturated rings. The number of nitrogens with zero attached hydrogens (tertiary/aromatic N) is 2. The summed E-state index contributed by atoms with van der Waals surface area (Å²) in [6.45, 7) is 5.42. The van der Waals surface area contributed by atoms with Gasteiger partial charge in [-0.2, -0.15) is 11.3 Å². The Morgan fingerprint density at radius 2 is 2.29 bits per heavy atom. The van der Waals surface area contributed by atoms with Gasteiger partial charge in [-0.15, -0.1) is 0 Å². The molecule has 3 aliphatic heterocycles. The molecule has 132 valence electrons. The lowest BCUT2D eigenvalue weighted by Crippen LogP contribution is -2.42. The van der Waals surface area contributed by atoms with E-state index in [2.05, 4.69) is 21.7 Å². The molecular weight excluding hydrogens is 324 g/mol.